The molecule has 1 amide bonds. The van der Waals surface area contributed by atoms with E-state index in [1.54, 1.807) is 65.8 Å². The van der Waals surface area contributed by atoms with Crippen molar-refractivity contribution in [2.75, 3.05) is 23.8 Å². The Balaban J connectivity index is 1.53. The molecule has 4 aromatic rings. The molecule has 0 aliphatic heterocycles. The SMILES string of the molecule is CCOc1ccc(NS(=O)(=O)c2cc(NC(=O)c3ccc(-n4ccnc4)nc3)ccc2OC)cc1. The molecule has 0 saturated carbocycles. The van der Waals surface area contributed by atoms with E-state index < -0.39 is 15.9 Å². The van der Waals surface area contributed by atoms with E-state index in [1.165, 1.54) is 25.4 Å². The van der Waals surface area contributed by atoms with Gasteiger partial charge in [0.1, 0.15) is 28.5 Å². The summed E-state index contributed by atoms with van der Waals surface area (Å²) >= 11 is 0. The van der Waals surface area contributed by atoms with Crippen molar-refractivity contribution in [3.63, 3.8) is 0 Å². The molecule has 0 unspecified atom stereocenters. The number of aromatic nitrogens is 3. The van der Waals surface area contributed by atoms with Gasteiger partial charge in [-0.1, -0.05) is 0 Å². The maximum Gasteiger partial charge on any atom is 0.265 e. The number of rotatable bonds is 9. The van der Waals surface area contributed by atoms with Gasteiger partial charge in [-0.3, -0.25) is 14.1 Å². The molecule has 0 aliphatic carbocycles. The quantitative estimate of drug-likeness (QED) is 0.364. The number of hydrogen-bond donors (Lipinski definition) is 2. The molecule has 0 fully saturated rings. The molecule has 11 heteroatoms. The smallest absolute Gasteiger partial charge is 0.265 e. The normalized spacial score (nSPS) is 11.0. The van der Waals surface area contributed by atoms with Crippen molar-refractivity contribution in [1.82, 2.24) is 14.5 Å². The van der Waals surface area contributed by atoms with E-state index in [1.807, 2.05) is 6.92 Å². The van der Waals surface area contributed by atoms with E-state index in [0.717, 1.165) is 0 Å². The molecule has 4 rings (SSSR count). The van der Waals surface area contributed by atoms with Crippen molar-refractivity contribution in [1.29, 1.82) is 0 Å². The van der Waals surface area contributed by atoms with Gasteiger partial charge in [-0.05, 0) is 61.5 Å². The molecule has 0 aliphatic rings. The largest absolute Gasteiger partial charge is 0.495 e. The van der Waals surface area contributed by atoms with Gasteiger partial charge in [0, 0.05) is 30.0 Å². The minimum Gasteiger partial charge on any atom is -0.495 e. The van der Waals surface area contributed by atoms with E-state index >= 15 is 0 Å². The van der Waals surface area contributed by atoms with Crippen molar-refractivity contribution < 1.29 is 22.7 Å². The fourth-order valence-corrected chi connectivity index (χ4v) is 4.49. The summed E-state index contributed by atoms with van der Waals surface area (Å²) < 4.78 is 41.0. The zero-order chi connectivity index (χ0) is 24.8. The number of sulfonamides is 1. The predicted molar refractivity (Wildman–Crippen MR) is 131 cm³/mol. The van der Waals surface area contributed by atoms with E-state index in [9.17, 15) is 13.2 Å². The second-order valence-corrected chi connectivity index (χ2v) is 8.91. The first-order chi connectivity index (χ1) is 16.9. The van der Waals surface area contributed by atoms with Gasteiger partial charge < -0.3 is 14.8 Å². The van der Waals surface area contributed by atoms with Crippen LogP contribution < -0.4 is 19.5 Å². The lowest BCUT2D eigenvalue weighted by atomic mass is 10.2. The van der Waals surface area contributed by atoms with Crippen molar-refractivity contribution in [2.24, 2.45) is 0 Å². The highest BCUT2D eigenvalue weighted by atomic mass is 32.2. The number of amides is 1. The van der Waals surface area contributed by atoms with Gasteiger partial charge in [0.15, 0.2) is 0 Å². The number of pyridine rings is 1. The number of carbonyl (C=O) groups is 1. The van der Waals surface area contributed by atoms with Crippen LogP contribution in [-0.2, 0) is 10.0 Å². The third-order valence-corrected chi connectivity index (χ3v) is 6.31. The molecule has 2 N–H and O–H groups in total. The molecule has 0 saturated heterocycles. The van der Waals surface area contributed by atoms with Crippen LogP contribution in [0.15, 0.2) is 84.4 Å². The van der Waals surface area contributed by atoms with Gasteiger partial charge in [-0.15, -0.1) is 0 Å². The van der Waals surface area contributed by atoms with Gasteiger partial charge in [0.25, 0.3) is 15.9 Å². The van der Waals surface area contributed by atoms with Crippen LogP contribution in [0.25, 0.3) is 5.82 Å². The molecule has 0 spiro atoms. The molecule has 2 aromatic carbocycles. The van der Waals surface area contributed by atoms with E-state index in [2.05, 4.69) is 20.0 Å². The number of nitrogens with zero attached hydrogens (tertiary/aromatic N) is 3. The molecule has 0 bridgehead atoms. The third-order valence-electron chi connectivity index (χ3n) is 4.91. The van der Waals surface area contributed by atoms with Crippen LogP contribution in [0.3, 0.4) is 0 Å². The average Bonchev–Trinajstić information content (AvgIpc) is 3.40. The monoisotopic (exact) mass is 493 g/mol. The Kier molecular flexibility index (Phi) is 6.97. The fourth-order valence-electron chi connectivity index (χ4n) is 3.23. The lowest BCUT2D eigenvalue weighted by molar-refractivity contribution is 0.102. The maximum atomic E-state index is 13.1. The van der Waals surface area contributed by atoms with Crippen molar-refractivity contribution >= 4 is 27.3 Å². The summed E-state index contributed by atoms with van der Waals surface area (Å²) in [5.74, 6) is 0.929. The molecule has 2 aromatic heterocycles. The van der Waals surface area contributed by atoms with Crippen LogP contribution in [0.1, 0.15) is 17.3 Å². The summed E-state index contributed by atoms with van der Waals surface area (Å²) in [7, 11) is -2.65. The minimum absolute atomic E-state index is 0.125. The first-order valence-corrected chi connectivity index (χ1v) is 12.1. The highest BCUT2D eigenvalue weighted by Gasteiger charge is 2.21. The van der Waals surface area contributed by atoms with Gasteiger partial charge in [-0.25, -0.2) is 18.4 Å². The minimum atomic E-state index is -4.02. The first kappa shape index (κ1) is 23.8. The van der Waals surface area contributed by atoms with Crippen molar-refractivity contribution in [2.45, 2.75) is 11.8 Å². The molecule has 2 heterocycles. The van der Waals surface area contributed by atoms with E-state index in [-0.39, 0.29) is 16.3 Å². The Morgan fingerprint density at radius 2 is 1.83 bits per heavy atom. The Bertz CT molecular complexity index is 1400. The van der Waals surface area contributed by atoms with E-state index in [4.69, 9.17) is 9.47 Å². The predicted octanol–water partition coefficient (Wildman–Crippen LogP) is 3.73. The summed E-state index contributed by atoms with van der Waals surface area (Å²) in [4.78, 5) is 20.8. The van der Waals surface area contributed by atoms with Gasteiger partial charge in [-0.2, -0.15) is 0 Å². The summed E-state index contributed by atoms with van der Waals surface area (Å²) in [6.07, 6.45) is 6.40. The van der Waals surface area contributed by atoms with Crippen molar-refractivity contribution in [3.8, 4) is 17.3 Å². The Labute approximate surface area is 202 Å². The molecule has 10 nitrogen and oxygen atoms in total. The summed E-state index contributed by atoms with van der Waals surface area (Å²) in [6.45, 7) is 2.37. The Hall–Kier alpha value is -4.38. The fraction of sp³-hybridized carbons (Fsp3) is 0.125. The maximum absolute atomic E-state index is 13.1. The second kappa shape index (κ2) is 10.3. The number of methoxy groups -OCH3 is 1. The van der Waals surface area contributed by atoms with Crippen LogP contribution in [0, 0.1) is 0 Å². The van der Waals surface area contributed by atoms with Crippen LogP contribution in [0.2, 0.25) is 0 Å². The highest BCUT2D eigenvalue weighted by molar-refractivity contribution is 7.92. The molecule has 0 atom stereocenters. The first-order valence-electron chi connectivity index (χ1n) is 10.6. The lowest BCUT2D eigenvalue weighted by Gasteiger charge is -2.14. The number of ether oxygens (including phenoxy) is 2. The van der Waals surface area contributed by atoms with Crippen LogP contribution in [-0.4, -0.2) is 42.6 Å². The van der Waals surface area contributed by atoms with Crippen LogP contribution in [0.4, 0.5) is 11.4 Å². The average molecular weight is 494 g/mol. The number of anilines is 2. The summed E-state index contributed by atoms with van der Waals surface area (Å²) in [5, 5.41) is 2.70. The lowest BCUT2D eigenvalue weighted by Crippen LogP contribution is -2.16. The molecular weight excluding hydrogens is 470 g/mol. The number of carbonyl (C=O) groups excluding carboxylic acids is 1. The molecular formula is C24H23N5O5S. The standard InChI is InChI=1S/C24H23N5O5S/c1-3-34-20-8-5-18(6-9-20)28-35(31,32)22-14-19(7-10-21(22)33-2)27-24(30)17-4-11-23(26-15-17)29-13-12-25-16-29/h4-16,28H,3H2,1-2H3,(H,27,30). The number of benzene rings is 2. The van der Waals surface area contributed by atoms with Crippen LogP contribution in [0.5, 0.6) is 11.5 Å². The Morgan fingerprint density at radius 3 is 2.46 bits per heavy atom. The summed E-state index contributed by atoms with van der Waals surface area (Å²) in [5.41, 5.74) is 0.942. The van der Waals surface area contributed by atoms with Gasteiger partial charge >= 0.3 is 0 Å². The van der Waals surface area contributed by atoms with Crippen molar-refractivity contribution in [3.05, 3.63) is 85.1 Å². The molecule has 0 radical (unpaired) electrons. The topological polar surface area (TPSA) is 124 Å². The number of imidazole rings is 1. The molecule has 180 valence electrons. The van der Waals surface area contributed by atoms with Crippen LogP contribution >= 0.6 is 0 Å². The highest BCUT2D eigenvalue weighted by Crippen LogP contribution is 2.29. The molecule has 35 heavy (non-hydrogen) atoms. The van der Waals surface area contributed by atoms with Gasteiger partial charge in [0.2, 0.25) is 0 Å². The third kappa shape index (κ3) is 5.58. The zero-order valence-electron chi connectivity index (χ0n) is 19.0. The number of nitrogens with one attached hydrogen (secondary N) is 2. The van der Waals surface area contributed by atoms with E-state index in [0.29, 0.717) is 29.4 Å². The van der Waals surface area contributed by atoms with Gasteiger partial charge in [0.05, 0.1) is 19.3 Å². The Morgan fingerprint density at radius 1 is 1.06 bits per heavy atom. The summed E-state index contributed by atoms with van der Waals surface area (Å²) in [6, 6.07) is 14.2. The number of hydrogen-bond acceptors (Lipinski definition) is 7. The second-order valence-electron chi connectivity index (χ2n) is 7.26. The zero-order valence-corrected chi connectivity index (χ0v) is 19.8.